The van der Waals surface area contributed by atoms with Crippen LogP contribution in [-0.2, 0) is 14.3 Å². The number of carbonyl (C=O) groups is 4. The van der Waals surface area contributed by atoms with Gasteiger partial charge in [-0.3, -0.25) is 9.59 Å². The van der Waals surface area contributed by atoms with Gasteiger partial charge in [0, 0.05) is 15.6 Å². The molecule has 1 aliphatic carbocycles. The molecule has 0 saturated carbocycles. The molecule has 0 aromatic heterocycles. The molecule has 0 radical (unpaired) electrons. The summed E-state index contributed by atoms with van der Waals surface area (Å²) in [5.41, 5.74) is 6.22. The fourth-order valence-corrected chi connectivity index (χ4v) is 3.31. The molecule has 0 saturated heterocycles. The van der Waals surface area contributed by atoms with Crippen LogP contribution < -0.4 is 5.73 Å². The number of hydrogen-bond donors (Lipinski definition) is 1. The molecule has 1 aliphatic rings. The molecule has 0 heterocycles. The van der Waals surface area contributed by atoms with Gasteiger partial charge in [-0.25, -0.2) is 9.59 Å². The summed E-state index contributed by atoms with van der Waals surface area (Å²) >= 11 is 3.22. The van der Waals surface area contributed by atoms with E-state index in [1.165, 1.54) is 12.1 Å². The first-order chi connectivity index (χ1) is 12.4. The number of esters is 2. The summed E-state index contributed by atoms with van der Waals surface area (Å²) < 4.78 is 9.46. The van der Waals surface area contributed by atoms with Crippen LogP contribution in [0.4, 0.5) is 5.69 Å². The van der Waals surface area contributed by atoms with Crippen molar-refractivity contribution in [3.8, 4) is 0 Å². The van der Waals surface area contributed by atoms with E-state index >= 15 is 0 Å². The van der Waals surface area contributed by atoms with Crippen molar-refractivity contribution in [3.63, 3.8) is 0 Å². The maximum Gasteiger partial charge on any atom is 0.344 e. The number of halogens is 1. The van der Waals surface area contributed by atoms with E-state index in [0.717, 1.165) is 7.11 Å². The molecule has 2 aromatic carbocycles. The first-order valence-corrected chi connectivity index (χ1v) is 8.20. The molecule has 0 unspecified atom stereocenters. The lowest BCUT2D eigenvalue weighted by Gasteiger charge is -2.21. The highest BCUT2D eigenvalue weighted by molar-refractivity contribution is 9.10. The predicted molar refractivity (Wildman–Crippen MR) is 94.2 cm³/mol. The van der Waals surface area contributed by atoms with Crippen molar-refractivity contribution >= 4 is 45.1 Å². The first-order valence-electron chi connectivity index (χ1n) is 7.41. The fraction of sp³-hybridized carbons (Fsp3) is 0.111. The molecular formula is C18H12BrNO6. The molecule has 0 bridgehead atoms. The van der Waals surface area contributed by atoms with E-state index in [1.807, 2.05) is 0 Å². The van der Waals surface area contributed by atoms with E-state index in [2.05, 4.69) is 20.7 Å². The van der Waals surface area contributed by atoms with Crippen LogP contribution >= 0.6 is 15.9 Å². The molecule has 0 atom stereocenters. The molecular weight excluding hydrogens is 406 g/mol. The van der Waals surface area contributed by atoms with E-state index in [1.54, 1.807) is 18.2 Å². The SMILES string of the molecule is COC(=O)COC(=O)c1cc(Br)c2c(c1N)C(=O)c1ccccc1C2=O. The normalized spacial score (nSPS) is 12.2. The number of methoxy groups -OCH3 is 1. The van der Waals surface area contributed by atoms with Crippen molar-refractivity contribution < 1.29 is 28.7 Å². The summed E-state index contributed by atoms with van der Waals surface area (Å²) in [7, 11) is 1.15. The second kappa shape index (κ2) is 6.72. The van der Waals surface area contributed by atoms with Crippen LogP contribution in [0.1, 0.15) is 42.2 Å². The van der Waals surface area contributed by atoms with E-state index in [-0.39, 0.29) is 43.8 Å². The molecule has 8 heteroatoms. The van der Waals surface area contributed by atoms with E-state index < -0.39 is 24.3 Å². The third-order valence-electron chi connectivity index (χ3n) is 3.96. The Balaban J connectivity index is 2.10. The predicted octanol–water partition coefficient (Wildman–Crippen LogP) is 2.14. The van der Waals surface area contributed by atoms with Crippen molar-refractivity contribution in [2.75, 3.05) is 19.5 Å². The van der Waals surface area contributed by atoms with Crippen molar-refractivity contribution in [2.45, 2.75) is 0 Å². The monoisotopic (exact) mass is 417 g/mol. The number of nitrogen functional groups attached to an aromatic ring is 1. The Kier molecular flexibility index (Phi) is 4.60. The highest BCUT2D eigenvalue weighted by Gasteiger charge is 2.35. The molecule has 0 amide bonds. The summed E-state index contributed by atoms with van der Waals surface area (Å²) in [5.74, 6) is -2.48. The van der Waals surface area contributed by atoms with Gasteiger partial charge < -0.3 is 15.2 Å². The minimum Gasteiger partial charge on any atom is -0.466 e. The minimum atomic E-state index is -0.907. The Morgan fingerprint density at radius 1 is 1.08 bits per heavy atom. The smallest absolute Gasteiger partial charge is 0.344 e. The molecule has 3 rings (SSSR count). The number of ketones is 2. The van der Waals surface area contributed by atoms with Crippen molar-refractivity contribution in [1.82, 2.24) is 0 Å². The summed E-state index contributed by atoms with van der Waals surface area (Å²) in [4.78, 5) is 48.9. The van der Waals surface area contributed by atoms with Crippen molar-refractivity contribution in [1.29, 1.82) is 0 Å². The van der Waals surface area contributed by atoms with Crippen LogP contribution in [-0.4, -0.2) is 37.2 Å². The average Bonchev–Trinajstić information content (AvgIpc) is 2.65. The summed E-state index contributed by atoms with van der Waals surface area (Å²) in [6.45, 7) is -0.598. The fourth-order valence-electron chi connectivity index (χ4n) is 2.70. The zero-order valence-electron chi connectivity index (χ0n) is 13.5. The number of ether oxygens (including phenoxy) is 2. The van der Waals surface area contributed by atoms with Crippen LogP contribution in [0.5, 0.6) is 0 Å². The topological polar surface area (TPSA) is 113 Å². The molecule has 132 valence electrons. The average molecular weight is 418 g/mol. The van der Waals surface area contributed by atoms with Crippen LogP contribution in [0.2, 0.25) is 0 Å². The standard InChI is InChI=1S/C18H12BrNO6/c1-25-12(21)7-26-18(24)10-6-11(19)13-14(15(10)20)17(23)9-5-3-2-4-8(9)16(13)22/h2-6H,7,20H2,1H3. The first kappa shape index (κ1) is 17.8. The third kappa shape index (κ3) is 2.78. The van der Waals surface area contributed by atoms with Gasteiger partial charge in [0.25, 0.3) is 0 Å². The Morgan fingerprint density at radius 2 is 1.65 bits per heavy atom. The largest absolute Gasteiger partial charge is 0.466 e. The van der Waals surface area contributed by atoms with Crippen molar-refractivity contribution in [2.24, 2.45) is 0 Å². The summed E-state index contributed by atoms with van der Waals surface area (Å²) in [6, 6.07) is 7.67. The van der Waals surface area contributed by atoms with Gasteiger partial charge in [0.15, 0.2) is 18.2 Å². The quantitative estimate of drug-likeness (QED) is 0.512. The Hall–Kier alpha value is -3.00. The van der Waals surface area contributed by atoms with Gasteiger partial charge in [-0.05, 0) is 22.0 Å². The van der Waals surface area contributed by atoms with Gasteiger partial charge >= 0.3 is 11.9 Å². The Bertz CT molecular complexity index is 982. The van der Waals surface area contributed by atoms with Crippen LogP contribution in [0.25, 0.3) is 0 Å². The van der Waals surface area contributed by atoms with E-state index in [4.69, 9.17) is 10.5 Å². The molecule has 26 heavy (non-hydrogen) atoms. The number of anilines is 1. The van der Waals surface area contributed by atoms with Gasteiger partial charge in [-0.15, -0.1) is 0 Å². The van der Waals surface area contributed by atoms with Gasteiger partial charge in [0.05, 0.1) is 29.5 Å². The molecule has 0 spiro atoms. The van der Waals surface area contributed by atoms with Crippen LogP contribution in [0.15, 0.2) is 34.8 Å². The zero-order chi connectivity index (χ0) is 19.0. The lowest BCUT2D eigenvalue weighted by molar-refractivity contribution is -0.144. The van der Waals surface area contributed by atoms with Gasteiger partial charge in [0.1, 0.15) is 0 Å². The lowest BCUT2D eigenvalue weighted by Crippen LogP contribution is -2.25. The molecule has 0 aliphatic heterocycles. The van der Waals surface area contributed by atoms with Gasteiger partial charge in [-0.1, -0.05) is 24.3 Å². The Morgan fingerprint density at radius 3 is 2.23 bits per heavy atom. The Labute approximate surface area is 156 Å². The molecule has 2 aromatic rings. The number of benzene rings is 2. The minimum absolute atomic E-state index is 0.0620. The van der Waals surface area contributed by atoms with Gasteiger partial charge in [-0.2, -0.15) is 0 Å². The second-order valence-electron chi connectivity index (χ2n) is 5.43. The van der Waals surface area contributed by atoms with Crippen molar-refractivity contribution in [3.05, 3.63) is 62.6 Å². The van der Waals surface area contributed by atoms with E-state index in [0.29, 0.717) is 0 Å². The number of carbonyl (C=O) groups excluding carboxylic acids is 4. The zero-order valence-corrected chi connectivity index (χ0v) is 15.1. The second-order valence-corrected chi connectivity index (χ2v) is 6.28. The maximum atomic E-state index is 12.8. The number of fused-ring (bicyclic) bond motifs is 2. The molecule has 0 fully saturated rings. The maximum absolute atomic E-state index is 12.8. The highest BCUT2D eigenvalue weighted by atomic mass is 79.9. The number of nitrogens with two attached hydrogens (primary N) is 1. The number of rotatable bonds is 3. The third-order valence-corrected chi connectivity index (χ3v) is 4.58. The van der Waals surface area contributed by atoms with Crippen LogP contribution in [0, 0.1) is 0 Å². The summed E-state index contributed by atoms with van der Waals surface area (Å²) in [6.07, 6.45) is 0. The summed E-state index contributed by atoms with van der Waals surface area (Å²) in [5, 5.41) is 0. The van der Waals surface area contributed by atoms with Gasteiger partial charge in [0.2, 0.25) is 0 Å². The molecule has 7 nitrogen and oxygen atoms in total. The highest BCUT2D eigenvalue weighted by Crippen LogP contribution is 2.37. The van der Waals surface area contributed by atoms with E-state index in [9.17, 15) is 19.2 Å². The lowest BCUT2D eigenvalue weighted by atomic mass is 9.82. The number of hydrogen-bond acceptors (Lipinski definition) is 7. The van der Waals surface area contributed by atoms with Crippen LogP contribution in [0.3, 0.4) is 0 Å². The molecule has 2 N–H and O–H groups in total.